The number of nitrogens with one attached hydrogen (secondary N) is 1. The highest BCUT2D eigenvalue weighted by Crippen LogP contribution is 2.37. The first kappa shape index (κ1) is 19.4. The lowest BCUT2D eigenvalue weighted by atomic mass is 9.94. The molecule has 0 saturated carbocycles. The van der Waals surface area contributed by atoms with Crippen LogP contribution in [0.15, 0.2) is 36.4 Å². The van der Waals surface area contributed by atoms with Crippen LogP contribution in [-0.4, -0.2) is 42.5 Å². The largest absolute Gasteiger partial charge is 0.573 e. The molecule has 0 radical (unpaired) electrons. The van der Waals surface area contributed by atoms with Gasteiger partial charge < -0.3 is 15.2 Å². The summed E-state index contributed by atoms with van der Waals surface area (Å²) >= 11 is 0. The first-order chi connectivity index (χ1) is 12.7. The Morgan fingerprint density at radius 3 is 2.33 bits per heavy atom. The summed E-state index contributed by atoms with van der Waals surface area (Å²) in [4.78, 5) is 2.06. The standard InChI is InChI=1S/C19H20F4N2O2/c1-12-10-15(18(26)16(20)11-12)17(25-8-6-24-7-9-25)13-2-4-14(5-3-13)27-19(21,22)23/h2-5,10-11,17,24,26H,6-9H2,1H3/t17-/m1/s1. The molecule has 2 aromatic carbocycles. The molecule has 27 heavy (non-hydrogen) atoms. The molecule has 1 saturated heterocycles. The number of rotatable bonds is 4. The maximum Gasteiger partial charge on any atom is 0.573 e. The lowest BCUT2D eigenvalue weighted by molar-refractivity contribution is -0.274. The van der Waals surface area contributed by atoms with Crippen LogP contribution >= 0.6 is 0 Å². The van der Waals surface area contributed by atoms with Gasteiger partial charge in [-0.15, -0.1) is 13.2 Å². The van der Waals surface area contributed by atoms with E-state index in [4.69, 9.17) is 0 Å². The van der Waals surface area contributed by atoms with E-state index in [0.717, 1.165) is 13.1 Å². The molecule has 2 N–H and O–H groups in total. The minimum absolute atomic E-state index is 0.329. The van der Waals surface area contributed by atoms with Gasteiger partial charge in [0.05, 0.1) is 6.04 Å². The van der Waals surface area contributed by atoms with E-state index in [1.165, 1.54) is 30.3 Å². The fraction of sp³-hybridized carbons (Fsp3) is 0.368. The number of ether oxygens (including phenoxy) is 1. The summed E-state index contributed by atoms with van der Waals surface area (Å²) in [6, 6.07) is 7.92. The van der Waals surface area contributed by atoms with Gasteiger partial charge in [-0.25, -0.2) is 4.39 Å². The second-order valence-corrected chi connectivity index (χ2v) is 6.49. The van der Waals surface area contributed by atoms with Gasteiger partial charge in [0.25, 0.3) is 0 Å². The number of hydrogen-bond donors (Lipinski definition) is 2. The topological polar surface area (TPSA) is 44.7 Å². The van der Waals surface area contributed by atoms with Crippen LogP contribution in [-0.2, 0) is 0 Å². The zero-order chi connectivity index (χ0) is 19.6. The Kier molecular flexibility index (Phi) is 5.57. The van der Waals surface area contributed by atoms with Crippen LogP contribution in [0.3, 0.4) is 0 Å². The highest BCUT2D eigenvalue weighted by molar-refractivity contribution is 5.45. The summed E-state index contributed by atoms with van der Waals surface area (Å²) in [5.74, 6) is -1.49. The Labute approximate surface area is 154 Å². The van der Waals surface area contributed by atoms with Gasteiger partial charge in [-0.3, -0.25) is 4.90 Å². The van der Waals surface area contributed by atoms with Crippen LogP contribution in [0.2, 0.25) is 0 Å². The fourth-order valence-electron chi connectivity index (χ4n) is 3.35. The molecule has 1 aliphatic heterocycles. The molecule has 0 bridgehead atoms. The zero-order valence-electron chi connectivity index (χ0n) is 14.7. The van der Waals surface area contributed by atoms with Crippen molar-refractivity contribution in [3.63, 3.8) is 0 Å². The Morgan fingerprint density at radius 1 is 1.11 bits per heavy atom. The second kappa shape index (κ2) is 7.74. The molecular weight excluding hydrogens is 364 g/mol. The summed E-state index contributed by atoms with van der Waals surface area (Å²) in [6.45, 7) is 4.48. The number of aromatic hydroxyl groups is 1. The Bertz CT molecular complexity index is 788. The molecule has 0 unspecified atom stereocenters. The number of aryl methyl sites for hydroxylation is 1. The fourth-order valence-corrected chi connectivity index (χ4v) is 3.35. The van der Waals surface area contributed by atoms with Crippen LogP contribution < -0.4 is 10.1 Å². The molecule has 2 aromatic rings. The van der Waals surface area contributed by atoms with Crippen molar-refractivity contribution in [2.45, 2.75) is 19.3 Å². The maximum atomic E-state index is 14.1. The third-order valence-corrected chi connectivity index (χ3v) is 4.48. The summed E-state index contributed by atoms with van der Waals surface area (Å²) in [5, 5.41) is 13.5. The summed E-state index contributed by atoms with van der Waals surface area (Å²) < 4.78 is 55.2. The molecule has 1 atom stereocenters. The van der Waals surface area contributed by atoms with Gasteiger partial charge in [0.15, 0.2) is 11.6 Å². The van der Waals surface area contributed by atoms with E-state index in [9.17, 15) is 22.7 Å². The molecule has 0 amide bonds. The first-order valence-electron chi connectivity index (χ1n) is 8.54. The number of hydrogen-bond acceptors (Lipinski definition) is 4. The molecule has 4 nitrogen and oxygen atoms in total. The summed E-state index contributed by atoms with van der Waals surface area (Å²) in [7, 11) is 0. The molecule has 0 spiro atoms. The smallest absolute Gasteiger partial charge is 0.505 e. The van der Waals surface area contributed by atoms with Gasteiger partial charge in [-0.1, -0.05) is 18.2 Å². The summed E-state index contributed by atoms with van der Waals surface area (Å²) in [6.07, 6.45) is -4.77. The van der Waals surface area contributed by atoms with Gasteiger partial charge in [0.1, 0.15) is 5.75 Å². The minimum atomic E-state index is -4.77. The number of alkyl halides is 3. The Hall–Kier alpha value is -2.32. The van der Waals surface area contributed by atoms with Crippen LogP contribution in [0, 0.1) is 12.7 Å². The average Bonchev–Trinajstić information content (AvgIpc) is 2.60. The van der Waals surface area contributed by atoms with Gasteiger partial charge >= 0.3 is 6.36 Å². The second-order valence-electron chi connectivity index (χ2n) is 6.49. The van der Waals surface area contributed by atoms with E-state index in [0.29, 0.717) is 29.8 Å². The Balaban J connectivity index is 2.00. The number of nitrogens with zero attached hydrogens (tertiary/aromatic N) is 1. The normalized spacial score (nSPS) is 16.9. The maximum absolute atomic E-state index is 14.1. The van der Waals surface area contributed by atoms with Crippen molar-refractivity contribution < 1.29 is 27.4 Å². The van der Waals surface area contributed by atoms with Gasteiger partial charge in [0.2, 0.25) is 0 Å². The lowest BCUT2D eigenvalue weighted by Crippen LogP contribution is -2.45. The van der Waals surface area contributed by atoms with Crippen molar-refractivity contribution in [1.82, 2.24) is 10.2 Å². The highest BCUT2D eigenvalue weighted by atomic mass is 19.4. The van der Waals surface area contributed by atoms with Gasteiger partial charge in [0, 0.05) is 31.7 Å². The van der Waals surface area contributed by atoms with Crippen LogP contribution in [0.25, 0.3) is 0 Å². The van der Waals surface area contributed by atoms with Gasteiger partial charge in [-0.2, -0.15) is 0 Å². The van der Waals surface area contributed by atoms with E-state index in [2.05, 4.69) is 15.0 Å². The number of phenols is 1. The van der Waals surface area contributed by atoms with E-state index in [1.807, 2.05) is 0 Å². The van der Waals surface area contributed by atoms with E-state index < -0.39 is 24.0 Å². The Morgan fingerprint density at radius 2 is 1.74 bits per heavy atom. The van der Waals surface area contributed by atoms with Crippen molar-refractivity contribution in [3.05, 3.63) is 58.9 Å². The number of piperazine rings is 1. The van der Waals surface area contributed by atoms with Crippen LogP contribution in [0.4, 0.5) is 17.6 Å². The quantitative estimate of drug-likeness (QED) is 0.789. The SMILES string of the molecule is Cc1cc(F)c(O)c([C@@H](c2ccc(OC(F)(F)F)cc2)N2CCNCC2)c1. The van der Waals surface area contributed by atoms with Crippen molar-refractivity contribution >= 4 is 0 Å². The van der Waals surface area contributed by atoms with Gasteiger partial charge in [-0.05, 0) is 36.2 Å². The third kappa shape index (κ3) is 4.70. The van der Waals surface area contributed by atoms with E-state index in [-0.39, 0.29) is 5.75 Å². The molecule has 3 rings (SSSR count). The van der Waals surface area contributed by atoms with Crippen molar-refractivity contribution in [1.29, 1.82) is 0 Å². The number of halogens is 4. The first-order valence-corrected chi connectivity index (χ1v) is 8.54. The zero-order valence-corrected chi connectivity index (χ0v) is 14.7. The lowest BCUT2D eigenvalue weighted by Gasteiger charge is -2.36. The van der Waals surface area contributed by atoms with Crippen molar-refractivity contribution in [2.75, 3.05) is 26.2 Å². The summed E-state index contributed by atoms with van der Waals surface area (Å²) in [5.41, 5.74) is 1.68. The minimum Gasteiger partial charge on any atom is -0.505 e. The molecule has 1 aliphatic rings. The van der Waals surface area contributed by atoms with Crippen molar-refractivity contribution in [2.24, 2.45) is 0 Å². The van der Waals surface area contributed by atoms with Crippen molar-refractivity contribution in [3.8, 4) is 11.5 Å². The highest BCUT2D eigenvalue weighted by Gasteiger charge is 2.32. The molecule has 0 aromatic heterocycles. The predicted octanol–water partition coefficient (Wildman–Crippen LogP) is 3.73. The molecule has 1 heterocycles. The van der Waals surface area contributed by atoms with E-state index in [1.54, 1.807) is 13.0 Å². The molecule has 146 valence electrons. The molecular formula is C19H20F4N2O2. The number of phenolic OH excluding ortho intramolecular Hbond substituents is 1. The monoisotopic (exact) mass is 384 g/mol. The van der Waals surface area contributed by atoms with Crippen LogP contribution in [0.5, 0.6) is 11.5 Å². The molecule has 8 heteroatoms. The average molecular weight is 384 g/mol. The molecule has 0 aliphatic carbocycles. The number of benzene rings is 2. The predicted molar refractivity (Wildman–Crippen MR) is 92.2 cm³/mol. The third-order valence-electron chi connectivity index (χ3n) is 4.48. The van der Waals surface area contributed by atoms with Crippen LogP contribution in [0.1, 0.15) is 22.7 Å². The molecule has 1 fully saturated rings. The van der Waals surface area contributed by atoms with E-state index >= 15 is 0 Å².